The van der Waals surface area contributed by atoms with Crippen LogP contribution in [0.4, 0.5) is 10.3 Å². The Bertz CT molecular complexity index is 1220. The van der Waals surface area contributed by atoms with Crippen LogP contribution in [-0.2, 0) is 13.6 Å². The summed E-state index contributed by atoms with van der Waals surface area (Å²) in [4.78, 5) is 29.8. The number of halogens is 1. The van der Waals surface area contributed by atoms with Crippen LogP contribution in [0.15, 0.2) is 16.1 Å². The highest BCUT2D eigenvalue weighted by Crippen LogP contribution is 2.43. The molecule has 1 fully saturated rings. The topological polar surface area (TPSA) is 107 Å². The van der Waals surface area contributed by atoms with Gasteiger partial charge in [0.25, 0.3) is 5.56 Å². The molecule has 1 saturated heterocycles. The standard InChI is InChI=1S/C25H45FN6O4Si2/c1-24(2,3)37(9,10)34-13-16-19(36-38(11,12)25(4,5)6)17(26)22(35-16)32-15-27-18-20(32)29-23(30-21(18)33)28-14-31(7)8/h14-17,19,22H,13H2,1-12H3,(H,29,30,33)/t16-,17+,19-,22-/m1/s1. The normalized spacial score (nSPS) is 23.6. The maximum Gasteiger partial charge on any atom is 0.280 e. The molecule has 13 heteroatoms. The number of ether oxygens (including phenoxy) is 1. The summed E-state index contributed by atoms with van der Waals surface area (Å²) >= 11 is 0. The maximum atomic E-state index is 16.4. The summed E-state index contributed by atoms with van der Waals surface area (Å²) in [5.74, 6) is 0.0956. The van der Waals surface area contributed by atoms with Gasteiger partial charge in [0.1, 0.15) is 12.2 Å². The molecule has 0 unspecified atom stereocenters. The number of fused-ring (bicyclic) bond motifs is 1. The number of hydrogen-bond donors (Lipinski definition) is 1. The number of aromatic amines is 1. The van der Waals surface area contributed by atoms with Crippen LogP contribution in [0.3, 0.4) is 0 Å². The summed E-state index contributed by atoms with van der Waals surface area (Å²) in [5.41, 5.74) is -0.170. The van der Waals surface area contributed by atoms with Gasteiger partial charge >= 0.3 is 0 Å². The number of aromatic nitrogens is 4. The lowest BCUT2D eigenvalue weighted by Gasteiger charge is -2.40. The second kappa shape index (κ2) is 10.6. The Morgan fingerprint density at radius 1 is 1.16 bits per heavy atom. The molecule has 0 spiro atoms. The third-order valence-electron chi connectivity index (χ3n) is 8.02. The average Bonchev–Trinajstić information content (AvgIpc) is 3.31. The van der Waals surface area contributed by atoms with E-state index >= 15 is 4.39 Å². The van der Waals surface area contributed by atoms with Crippen LogP contribution in [0.5, 0.6) is 0 Å². The largest absolute Gasteiger partial charge is 0.414 e. The highest BCUT2D eigenvalue weighted by molar-refractivity contribution is 6.74. The molecule has 214 valence electrons. The Balaban J connectivity index is 2.01. The van der Waals surface area contributed by atoms with Crippen molar-refractivity contribution in [2.45, 2.75) is 102 Å². The van der Waals surface area contributed by atoms with Gasteiger partial charge in [0.2, 0.25) is 5.95 Å². The molecule has 4 atom stereocenters. The first-order valence-electron chi connectivity index (χ1n) is 13.0. The molecule has 3 heterocycles. The zero-order valence-electron chi connectivity index (χ0n) is 24.9. The highest BCUT2D eigenvalue weighted by Gasteiger charge is 2.52. The molecule has 3 rings (SSSR count). The van der Waals surface area contributed by atoms with Gasteiger partial charge in [0.05, 0.1) is 19.3 Å². The lowest BCUT2D eigenvalue weighted by atomic mass is 10.1. The van der Waals surface area contributed by atoms with Crippen molar-refractivity contribution in [2.75, 3.05) is 20.7 Å². The molecular formula is C25H45FN6O4Si2. The zero-order chi connectivity index (χ0) is 28.8. The van der Waals surface area contributed by atoms with Crippen LogP contribution in [0, 0.1) is 0 Å². The van der Waals surface area contributed by atoms with E-state index in [0.29, 0.717) is 0 Å². The minimum absolute atomic E-state index is 0.00905. The van der Waals surface area contributed by atoms with E-state index in [9.17, 15) is 4.79 Å². The van der Waals surface area contributed by atoms with E-state index in [1.807, 2.05) is 0 Å². The second-order valence-corrected chi connectivity index (χ2v) is 22.9. The number of nitrogens with one attached hydrogen (secondary N) is 1. The Morgan fingerprint density at radius 3 is 2.32 bits per heavy atom. The van der Waals surface area contributed by atoms with Crippen molar-refractivity contribution in [2.24, 2.45) is 4.99 Å². The predicted octanol–water partition coefficient (Wildman–Crippen LogP) is 4.99. The highest BCUT2D eigenvalue weighted by atomic mass is 28.4. The van der Waals surface area contributed by atoms with Crippen molar-refractivity contribution in [1.82, 2.24) is 24.4 Å². The molecule has 0 aromatic carbocycles. The van der Waals surface area contributed by atoms with Gasteiger partial charge in [0, 0.05) is 14.1 Å². The van der Waals surface area contributed by atoms with Gasteiger partial charge in [0.15, 0.2) is 40.2 Å². The van der Waals surface area contributed by atoms with E-state index in [0.717, 1.165) is 0 Å². The van der Waals surface area contributed by atoms with Crippen molar-refractivity contribution in [3.05, 3.63) is 16.7 Å². The first kappa shape index (κ1) is 30.6. The Kier molecular flexibility index (Phi) is 8.51. The van der Waals surface area contributed by atoms with Gasteiger partial charge in [-0.1, -0.05) is 41.5 Å². The average molecular weight is 569 g/mol. The van der Waals surface area contributed by atoms with Crippen LogP contribution in [-0.4, -0.2) is 86.5 Å². The number of H-pyrrole nitrogens is 1. The van der Waals surface area contributed by atoms with E-state index < -0.39 is 46.8 Å². The van der Waals surface area contributed by atoms with Crippen molar-refractivity contribution in [1.29, 1.82) is 0 Å². The summed E-state index contributed by atoms with van der Waals surface area (Å²) < 4.78 is 37.2. The van der Waals surface area contributed by atoms with Crippen molar-refractivity contribution in [3.63, 3.8) is 0 Å². The summed E-state index contributed by atoms with van der Waals surface area (Å²) in [6.07, 6.45) is -1.16. The number of alkyl halides is 1. The summed E-state index contributed by atoms with van der Waals surface area (Å²) in [7, 11) is -0.875. The number of nitrogens with zero attached hydrogens (tertiary/aromatic N) is 5. The Hall–Kier alpha value is -1.94. The number of aliphatic imine (C=N–C) groups is 1. The fourth-order valence-electron chi connectivity index (χ4n) is 3.55. The minimum atomic E-state index is -2.36. The van der Waals surface area contributed by atoms with E-state index in [1.54, 1.807) is 19.0 Å². The van der Waals surface area contributed by atoms with Crippen molar-refractivity contribution in [3.8, 4) is 0 Å². The predicted molar refractivity (Wildman–Crippen MR) is 154 cm³/mol. The van der Waals surface area contributed by atoms with Gasteiger partial charge < -0.3 is 18.5 Å². The van der Waals surface area contributed by atoms with E-state index in [-0.39, 0.29) is 33.8 Å². The van der Waals surface area contributed by atoms with Crippen LogP contribution in [0.2, 0.25) is 36.3 Å². The Labute approximate surface area is 227 Å². The molecule has 0 amide bonds. The molecule has 1 aliphatic rings. The third-order valence-corrected chi connectivity index (χ3v) is 17.0. The lowest BCUT2D eigenvalue weighted by molar-refractivity contribution is -0.0421. The molecule has 1 N–H and O–H groups in total. The van der Waals surface area contributed by atoms with Gasteiger partial charge in [-0.2, -0.15) is 4.98 Å². The van der Waals surface area contributed by atoms with Gasteiger partial charge in [-0.05, 0) is 36.3 Å². The fourth-order valence-corrected chi connectivity index (χ4v) is 5.88. The zero-order valence-corrected chi connectivity index (χ0v) is 26.9. The molecular weight excluding hydrogens is 523 g/mol. The first-order chi connectivity index (χ1) is 17.2. The molecule has 38 heavy (non-hydrogen) atoms. The maximum absolute atomic E-state index is 16.4. The summed E-state index contributed by atoms with van der Waals surface area (Å²) in [5, 5.41) is -0.129. The van der Waals surface area contributed by atoms with Crippen LogP contribution in [0.25, 0.3) is 11.2 Å². The van der Waals surface area contributed by atoms with Gasteiger partial charge in [-0.3, -0.25) is 14.3 Å². The van der Waals surface area contributed by atoms with Gasteiger partial charge in [-0.15, -0.1) is 0 Å². The summed E-state index contributed by atoms with van der Waals surface area (Å²) in [6, 6.07) is 0. The van der Waals surface area contributed by atoms with E-state index in [1.165, 1.54) is 17.2 Å². The smallest absolute Gasteiger partial charge is 0.280 e. The molecule has 2 aromatic rings. The molecule has 0 bridgehead atoms. The van der Waals surface area contributed by atoms with Crippen LogP contribution in [0.1, 0.15) is 47.8 Å². The minimum Gasteiger partial charge on any atom is -0.414 e. The molecule has 0 aliphatic carbocycles. The SMILES string of the molecule is CN(C)C=Nc1nc2c(ncn2[C@@H]2O[C@H](CO[Si](C)(C)C(C)(C)C)[C@@H](O[Si](C)(C)C(C)(C)C)[C@@H]2F)c(=O)[nH]1. The van der Waals surface area contributed by atoms with Crippen molar-refractivity contribution >= 4 is 40.1 Å². The fraction of sp³-hybridized carbons (Fsp3) is 0.760. The monoisotopic (exact) mass is 568 g/mol. The number of hydrogen-bond acceptors (Lipinski definition) is 7. The molecule has 1 aliphatic heterocycles. The molecule has 0 radical (unpaired) electrons. The van der Waals surface area contributed by atoms with Crippen LogP contribution < -0.4 is 5.56 Å². The van der Waals surface area contributed by atoms with Crippen molar-refractivity contribution < 1.29 is 18.0 Å². The van der Waals surface area contributed by atoms with E-state index in [4.69, 9.17) is 13.6 Å². The molecule has 2 aromatic heterocycles. The third kappa shape index (κ3) is 6.27. The second-order valence-electron chi connectivity index (χ2n) is 13.3. The molecule has 0 saturated carbocycles. The summed E-state index contributed by atoms with van der Waals surface area (Å²) in [6.45, 7) is 21.6. The van der Waals surface area contributed by atoms with Crippen LogP contribution >= 0.6 is 0 Å². The number of rotatable bonds is 8. The first-order valence-corrected chi connectivity index (χ1v) is 18.9. The molecule has 10 nitrogen and oxygen atoms in total. The number of imidazole rings is 1. The van der Waals surface area contributed by atoms with E-state index in [2.05, 4.69) is 87.7 Å². The lowest BCUT2D eigenvalue weighted by Crippen LogP contribution is -2.50. The Morgan fingerprint density at radius 2 is 1.76 bits per heavy atom. The quantitative estimate of drug-likeness (QED) is 0.272. The van der Waals surface area contributed by atoms with Gasteiger partial charge in [-0.25, -0.2) is 14.4 Å².